The average Bonchev–Trinajstić information content (AvgIpc) is 3.01. The van der Waals surface area contributed by atoms with E-state index in [0.717, 1.165) is 5.56 Å². The first-order valence-electron chi connectivity index (χ1n) is 11.0. The Kier molecular flexibility index (Phi) is 5.30. The number of hydrogen-bond acceptors (Lipinski definition) is 5. The van der Waals surface area contributed by atoms with Gasteiger partial charge in [-0.1, -0.05) is 29.8 Å². The van der Waals surface area contributed by atoms with Gasteiger partial charge in [-0.05, 0) is 66.1 Å². The number of carbonyl (C=O) groups excluding carboxylic acids is 1. The third-order valence-electron chi connectivity index (χ3n) is 6.55. The molecule has 35 heavy (non-hydrogen) atoms. The van der Waals surface area contributed by atoms with Crippen molar-refractivity contribution in [2.45, 2.75) is 30.9 Å². The van der Waals surface area contributed by atoms with Crippen LogP contribution < -0.4 is 10.5 Å². The van der Waals surface area contributed by atoms with E-state index in [-0.39, 0.29) is 23.3 Å². The minimum atomic E-state index is -1.29. The highest BCUT2D eigenvalue weighted by Gasteiger charge is 2.56. The zero-order valence-corrected chi connectivity index (χ0v) is 19.9. The van der Waals surface area contributed by atoms with E-state index in [1.807, 2.05) is 25.1 Å². The van der Waals surface area contributed by atoms with Crippen LogP contribution in [-0.4, -0.2) is 29.4 Å². The van der Waals surface area contributed by atoms with Gasteiger partial charge >= 0.3 is 0 Å². The van der Waals surface area contributed by atoms with Gasteiger partial charge in [-0.15, -0.1) is 0 Å². The standard InChI is InChI=1S/C27H22ClFN4O2/c1-26(13-16-4-3-5-17(8-16)14-30)15-27(24(34)33(2)25(31)32-27)22-11-18(6-7-23(22)35-26)19-9-20(28)12-21(29)10-19/h3-12H,13,15H2,1-2H3,(H2,31,32)/t26-,27?/m1/s1. The zero-order valence-electron chi connectivity index (χ0n) is 19.2. The highest BCUT2D eigenvalue weighted by molar-refractivity contribution is 6.30. The first-order valence-corrected chi connectivity index (χ1v) is 11.4. The van der Waals surface area contributed by atoms with E-state index in [4.69, 9.17) is 22.1 Å². The summed E-state index contributed by atoms with van der Waals surface area (Å²) in [5.41, 5.74) is 7.28. The molecule has 1 amide bonds. The van der Waals surface area contributed by atoms with E-state index < -0.39 is 17.0 Å². The third-order valence-corrected chi connectivity index (χ3v) is 6.77. The molecule has 2 N–H and O–H groups in total. The molecule has 0 aliphatic carbocycles. The summed E-state index contributed by atoms with van der Waals surface area (Å²) in [7, 11) is 1.59. The van der Waals surface area contributed by atoms with Crippen LogP contribution in [0.4, 0.5) is 4.39 Å². The van der Waals surface area contributed by atoms with Gasteiger partial charge in [-0.2, -0.15) is 5.26 Å². The number of nitriles is 1. The molecule has 5 rings (SSSR count). The molecule has 6 nitrogen and oxygen atoms in total. The van der Waals surface area contributed by atoms with E-state index in [9.17, 15) is 14.4 Å². The Labute approximate surface area is 207 Å². The van der Waals surface area contributed by atoms with Crippen molar-refractivity contribution < 1.29 is 13.9 Å². The fourth-order valence-corrected chi connectivity index (χ4v) is 5.27. The van der Waals surface area contributed by atoms with E-state index in [0.29, 0.717) is 34.4 Å². The lowest BCUT2D eigenvalue weighted by molar-refractivity contribution is -0.133. The van der Waals surface area contributed by atoms with Crippen molar-refractivity contribution in [1.82, 2.24) is 4.90 Å². The second kappa shape index (κ2) is 8.10. The molecule has 2 heterocycles. The number of benzene rings is 3. The molecule has 0 saturated carbocycles. The molecule has 0 fully saturated rings. The summed E-state index contributed by atoms with van der Waals surface area (Å²) in [6, 6.07) is 19.1. The van der Waals surface area contributed by atoms with Crippen molar-refractivity contribution >= 4 is 23.5 Å². The van der Waals surface area contributed by atoms with Crippen LogP contribution in [0.15, 0.2) is 65.7 Å². The molecular weight excluding hydrogens is 467 g/mol. The quantitative estimate of drug-likeness (QED) is 0.574. The summed E-state index contributed by atoms with van der Waals surface area (Å²) in [5.74, 6) is -0.0919. The largest absolute Gasteiger partial charge is 0.487 e. The molecule has 8 heteroatoms. The number of hydrogen-bond donors (Lipinski definition) is 1. The topological polar surface area (TPSA) is 91.7 Å². The predicted octanol–water partition coefficient (Wildman–Crippen LogP) is 4.78. The van der Waals surface area contributed by atoms with Crippen LogP contribution in [-0.2, 0) is 16.8 Å². The Morgan fingerprint density at radius 3 is 2.69 bits per heavy atom. The summed E-state index contributed by atoms with van der Waals surface area (Å²) in [4.78, 5) is 19.6. The van der Waals surface area contributed by atoms with Crippen molar-refractivity contribution in [2.24, 2.45) is 10.7 Å². The first-order chi connectivity index (χ1) is 16.6. The number of nitrogens with zero attached hydrogens (tertiary/aromatic N) is 3. The first kappa shape index (κ1) is 22.9. The number of carbonyl (C=O) groups is 1. The van der Waals surface area contributed by atoms with Crippen LogP contribution >= 0.6 is 11.6 Å². The lowest BCUT2D eigenvalue weighted by Crippen LogP contribution is -2.51. The zero-order chi connectivity index (χ0) is 25.0. The summed E-state index contributed by atoms with van der Waals surface area (Å²) in [5, 5.41) is 9.56. The van der Waals surface area contributed by atoms with Gasteiger partial charge in [0.15, 0.2) is 11.5 Å². The van der Waals surface area contributed by atoms with Crippen molar-refractivity contribution in [3.63, 3.8) is 0 Å². The number of guanidine groups is 1. The monoisotopic (exact) mass is 488 g/mol. The average molecular weight is 489 g/mol. The highest BCUT2D eigenvalue weighted by atomic mass is 35.5. The summed E-state index contributed by atoms with van der Waals surface area (Å²) in [6.45, 7) is 1.92. The Hall–Kier alpha value is -3.89. The van der Waals surface area contributed by atoms with Crippen molar-refractivity contribution in [2.75, 3.05) is 7.05 Å². The molecular formula is C27H22ClFN4O2. The molecule has 0 bridgehead atoms. The predicted molar refractivity (Wildman–Crippen MR) is 131 cm³/mol. The van der Waals surface area contributed by atoms with Gasteiger partial charge in [0, 0.05) is 30.5 Å². The van der Waals surface area contributed by atoms with Gasteiger partial charge in [-0.25, -0.2) is 9.38 Å². The molecule has 2 aliphatic rings. The van der Waals surface area contributed by atoms with Crippen molar-refractivity contribution in [1.29, 1.82) is 5.26 Å². The van der Waals surface area contributed by atoms with E-state index in [1.54, 1.807) is 37.4 Å². The Balaban J connectivity index is 1.64. The minimum absolute atomic E-state index is 0.121. The number of amides is 1. The Bertz CT molecular complexity index is 1430. The van der Waals surface area contributed by atoms with Crippen LogP contribution in [0.1, 0.15) is 30.0 Å². The van der Waals surface area contributed by atoms with Gasteiger partial charge in [0.2, 0.25) is 0 Å². The number of nitrogens with two attached hydrogens (primary N) is 1. The number of likely N-dealkylation sites (N-methyl/N-ethyl adjacent to an activating group) is 1. The van der Waals surface area contributed by atoms with Crippen LogP contribution in [0.2, 0.25) is 5.02 Å². The van der Waals surface area contributed by atoms with Crippen molar-refractivity contribution in [3.05, 3.63) is 88.2 Å². The Morgan fingerprint density at radius 2 is 2.00 bits per heavy atom. The van der Waals surface area contributed by atoms with Gasteiger partial charge < -0.3 is 10.5 Å². The molecule has 1 unspecified atom stereocenters. The molecule has 2 atom stereocenters. The molecule has 3 aromatic rings. The van der Waals surface area contributed by atoms with Crippen LogP contribution in [0, 0.1) is 17.1 Å². The molecule has 176 valence electrons. The number of halogens is 2. The van der Waals surface area contributed by atoms with Crippen LogP contribution in [0.3, 0.4) is 0 Å². The van der Waals surface area contributed by atoms with E-state index >= 15 is 0 Å². The second-order valence-corrected chi connectivity index (χ2v) is 9.72. The SMILES string of the molecule is CN1C(=O)C2(C[C@@](C)(Cc3cccc(C#N)c3)Oc3ccc(-c4cc(F)cc(Cl)c4)cc32)N=C1N. The maximum atomic E-state index is 14.0. The third kappa shape index (κ3) is 3.90. The maximum Gasteiger partial charge on any atom is 0.261 e. The smallest absolute Gasteiger partial charge is 0.261 e. The van der Waals surface area contributed by atoms with Gasteiger partial charge in [0.05, 0.1) is 11.6 Å². The summed E-state index contributed by atoms with van der Waals surface area (Å²) >= 11 is 6.08. The van der Waals surface area contributed by atoms with Crippen LogP contribution in [0.25, 0.3) is 11.1 Å². The number of fused-ring (bicyclic) bond motifs is 2. The van der Waals surface area contributed by atoms with Gasteiger partial charge in [-0.3, -0.25) is 9.69 Å². The minimum Gasteiger partial charge on any atom is -0.487 e. The van der Waals surface area contributed by atoms with E-state index in [2.05, 4.69) is 11.1 Å². The fraction of sp³-hybridized carbons (Fsp3) is 0.222. The molecule has 1 spiro atoms. The second-order valence-electron chi connectivity index (χ2n) is 9.28. The van der Waals surface area contributed by atoms with Crippen molar-refractivity contribution in [3.8, 4) is 22.9 Å². The Morgan fingerprint density at radius 1 is 1.20 bits per heavy atom. The highest BCUT2D eigenvalue weighted by Crippen LogP contribution is 2.50. The normalized spacial score (nSPS) is 23.0. The molecule has 2 aliphatic heterocycles. The molecule has 0 saturated heterocycles. The lowest BCUT2D eigenvalue weighted by Gasteiger charge is -2.43. The van der Waals surface area contributed by atoms with E-state index in [1.165, 1.54) is 17.0 Å². The number of rotatable bonds is 3. The summed E-state index contributed by atoms with van der Waals surface area (Å²) in [6.07, 6.45) is 0.693. The maximum absolute atomic E-state index is 14.0. The number of ether oxygens (including phenoxy) is 1. The molecule has 3 aromatic carbocycles. The summed E-state index contributed by atoms with van der Waals surface area (Å²) < 4.78 is 20.5. The van der Waals surface area contributed by atoms with Crippen LogP contribution in [0.5, 0.6) is 5.75 Å². The number of aliphatic imine (C=N–C) groups is 1. The molecule has 0 aromatic heterocycles. The lowest BCUT2D eigenvalue weighted by atomic mass is 9.74. The molecule has 0 radical (unpaired) electrons. The fourth-order valence-electron chi connectivity index (χ4n) is 5.05. The van der Waals surface area contributed by atoms with Gasteiger partial charge in [0.25, 0.3) is 5.91 Å². The van der Waals surface area contributed by atoms with Gasteiger partial charge in [0.1, 0.15) is 17.2 Å².